The lowest BCUT2D eigenvalue weighted by Crippen LogP contribution is -2.51. The van der Waals surface area contributed by atoms with Crippen LogP contribution in [0.4, 0.5) is 4.79 Å². The van der Waals surface area contributed by atoms with Gasteiger partial charge >= 0.3 is 6.03 Å². The third-order valence-electron chi connectivity index (χ3n) is 5.33. The first kappa shape index (κ1) is 19.3. The first-order valence-corrected chi connectivity index (χ1v) is 9.58. The molecule has 1 aromatic rings. The van der Waals surface area contributed by atoms with E-state index in [4.69, 9.17) is 0 Å². The number of aromatic nitrogens is 1. The van der Waals surface area contributed by atoms with E-state index in [1.807, 2.05) is 23.1 Å². The molecule has 2 aliphatic heterocycles. The summed E-state index contributed by atoms with van der Waals surface area (Å²) in [4.78, 5) is 46.2. The average molecular weight is 373 g/mol. The van der Waals surface area contributed by atoms with Crippen molar-refractivity contribution in [1.82, 2.24) is 25.0 Å². The number of pyridine rings is 1. The predicted molar refractivity (Wildman–Crippen MR) is 99.9 cm³/mol. The summed E-state index contributed by atoms with van der Waals surface area (Å²) in [7, 11) is 0. The van der Waals surface area contributed by atoms with E-state index in [0.29, 0.717) is 13.0 Å². The third-order valence-corrected chi connectivity index (χ3v) is 5.33. The lowest BCUT2D eigenvalue weighted by molar-refractivity contribution is -0.139. The number of likely N-dealkylation sites (tertiary alicyclic amines) is 1. The number of carbonyl (C=O) groups excluding carboxylic acids is 3. The molecule has 0 aromatic carbocycles. The van der Waals surface area contributed by atoms with Crippen molar-refractivity contribution in [1.29, 1.82) is 0 Å². The van der Waals surface area contributed by atoms with Gasteiger partial charge in [0.15, 0.2) is 0 Å². The van der Waals surface area contributed by atoms with E-state index in [0.717, 1.165) is 43.1 Å². The molecule has 0 aliphatic carbocycles. The number of imide groups is 1. The van der Waals surface area contributed by atoms with Crippen molar-refractivity contribution in [2.24, 2.45) is 0 Å². The number of hydrogen-bond donors (Lipinski definition) is 1. The molecule has 0 atom stereocenters. The van der Waals surface area contributed by atoms with E-state index < -0.39 is 6.03 Å². The second kappa shape index (κ2) is 8.94. The summed E-state index contributed by atoms with van der Waals surface area (Å²) in [5, 5.41) is 2.46. The van der Waals surface area contributed by atoms with Crippen LogP contribution in [-0.2, 0) is 16.0 Å². The molecular formula is C19H27N5O3. The summed E-state index contributed by atoms with van der Waals surface area (Å²) in [6.45, 7) is 5.38. The lowest BCUT2D eigenvalue weighted by atomic mass is 10.0. The molecule has 8 nitrogen and oxygen atoms in total. The Bertz CT molecular complexity index is 657. The molecule has 3 heterocycles. The fourth-order valence-corrected chi connectivity index (χ4v) is 3.68. The van der Waals surface area contributed by atoms with Crippen molar-refractivity contribution >= 4 is 17.8 Å². The second-order valence-corrected chi connectivity index (χ2v) is 6.96. The fraction of sp³-hybridized carbons (Fsp3) is 0.579. The number of piperidine rings is 1. The monoisotopic (exact) mass is 373 g/mol. The Morgan fingerprint density at radius 3 is 2.67 bits per heavy atom. The summed E-state index contributed by atoms with van der Waals surface area (Å²) >= 11 is 0. The number of urea groups is 1. The molecule has 2 saturated heterocycles. The van der Waals surface area contributed by atoms with Gasteiger partial charge in [0.25, 0.3) is 5.91 Å². The first-order valence-electron chi connectivity index (χ1n) is 9.58. The molecule has 0 unspecified atom stereocenters. The van der Waals surface area contributed by atoms with E-state index in [-0.39, 0.29) is 30.9 Å². The van der Waals surface area contributed by atoms with Crippen LogP contribution in [0.25, 0.3) is 0 Å². The van der Waals surface area contributed by atoms with Gasteiger partial charge in [0.05, 0.1) is 6.54 Å². The Hall–Kier alpha value is -2.48. The summed E-state index contributed by atoms with van der Waals surface area (Å²) < 4.78 is 0. The Labute approximate surface area is 159 Å². The van der Waals surface area contributed by atoms with Gasteiger partial charge in [-0.3, -0.25) is 19.5 Å². The van der Waals surface area contributed by atoms with Gasteiger partial charge < -0.3 is 15.1 Å². The maximum absolute atomic E-state index is 13.0. The number of hydrogen-bond acceptors (Lipinski definition) is 5. The van der Waals surface area contributed by atoms with Gasteiger partial charge in [-0.15, -0.1) is 0 Å². The molecule has 2 aliphatic rings. The molecule has 2 fully saturated rings. The minimum atomic E-state index is -0.487. The van der Waals surface area contributed by atoms with E-state index in [1.165, 1.54) is 0 Å². The molecule has 1 aromatic heterocycles. The lowest BCUT2D eigenvalue weighted by Gasteiger charge is -2.38. The zero-order chi connectivity index (χ0) is 19.2. The predicted octanol–water partition coefficient (Wildman–Crippen LogP) is 0.489. The fourth-order valence-electron chi connectivity index (χ4n) is 3.68. The van der Waals surface area contributed by atoms with Crippen LogP contribution in [0.15, 0.2) is 24.4 Å². The average Bonchev–Trinajstić information content (AvgIpc) is 3.01. The van der Waals surface area contributed by atoms with E-state index >= 15 is 0 Å². The maximum Gasteiger partial charge on any atom is 0.325 e. The number of nitrogens with one attached hydrogen (secondary N) is 1. The van der Waals surface area contributed by atoms with Crippen LogP contribution in [0.3, 0.4) is 0 Å². The van der Waals surface area contributed by atoms with Crippen molar-refractivity contribution in [3.63, 3.8) is 0 Å². The van der Waals surface area contributed by atoms with Gasteiger partial charge in [-0.05, 0) is 31.5 Å². The Kier molecular flexibility index (Phi) is 6.39. The molecule has 1 N–H and O–H groups in total. The van der Waals surface area contributed by atoms with Crippen molar-refractivity contribution in [2.45, 2.75) is 32.2 Å². The highest BCUT2D eigenvalue weighted by Crippen LogP contribution is 2.18. The van der Waals surface area contributed by atoms with Crippen LogP contribution in [0.2, 0.25) is 0 Å². The van der Waals surface area contributed by atoms with Crippen LogP contribution < -0.4 is 5.32 Å². The van der Waals surface area contributed by atoms with E-state index in [9.17, 15) is 14.4 Å². The van der Waals surface area contributed by atoms with Gasteiger partial charge in [-0.1, -0.05) is 13.0 Å². The highest BCUT2D eigenvalue weighted by Gasteiger charge is 2.34. The molecule has 0 spiro atoms. The summed E-state index contributed by atoms with van der Waals surface area (Å²) in [5.41, 5.74) is 0.927. The molecule has 0 bridgehead atoms. The summed E-state index contributed by atoms with van der Waals surface area (Å²) in [6.07, 6.45) is 4.21. The van der Waals surface area contributed by atoms with Crippen LogP contribution in [0.1, 0.15) is 25.5 Å². The normalized spacial score (nSPS) is 18.6. The topological polar surface area (TPSA) is 85.8 Å². The molecule has 8 heteroatoms. The molecule has 0 saturated carbocycles. The first-order chi connectivity index (χ1) is 13.1. The summed E-state index contributed by atoms with van der Waals surface area (Å²) in [6, 6.07) is 5.38. The molecule has 27 heavy (non-hydrogen) atoms. The van der Waals surface area contributed by atoms with E-state index in [1.54, 1.807) is 6.20 Å². The van der Waals surface area contributed by atoms with Gasteiger partial charge in [0.1, 0.15) is 6.54 Å². The maximum atomic E-state index is 13.0. The van der Waals surface area contributed by atoms with Crippen molar-refractivity contribution in [3.8, 4) is 0 Å². The largest absolute Gasteiger partial charge is 0.338 e. The van der Waals surface area contributed by atoms with Crippen LogP contribution in [-0.4, -0.2) is 82.8 Å². The molecule has 4 amide bonds. The SMILES string of the molecule is CCN1CCC(N(CCc2ccccn2)C(=O)CN2C(=O)CNC2=O)CC1. The smallest absolute Gasteiger partial charge is 0.325 e. The minimum absolute atomic E-state index is 0.0328. The minimum Gasteiger partial charge on any atom is -0.338 e. The van der Waals surface area contributed by atoms with Crippen molar-refractivity contribution < 1.29 is 14.4 Å². The number of carbonyl (C=O) groups is 3. The summed E-state index contributed by atoms with van der Waals surface area (Å²) in [5.74, 6) is -0.523. The van der Waals surface area contributed by atoms with Gasteiger partial charge in [0, 0.05) is 44.0 Å². The molecule has 3 rings (SSSR count). The van der Waals surface area contributed by atoms with Crippen LogP contribution >= 0.6 is 0 Å². The Balaban J connectivity index is 1.67. The van der Waals surface area contributed by atoms with Gasteiger partial charge in [0.2, 0.25) is 5.91 Å². The number of rotatable bonds is 7. The zero-order valence-corrected chi connectivity index (χ0v) is 15.8. The van der Waals surface area contributed by atoms with Crippen LogP contribution in [0, 0.1) is 0 Å². The highest BCUT2D eigenvalue weighted by molar-refractivity contribution is 6.04. The molecular weight excluding hydrogens is 346 g/mol. The quantitative estimate of drug-likeness (QED) is 0.703. The zero-order valence-electron chi connectivity index (χ0n) is 15.8. The van der Waals surface area contributed by atoms with Crippen molar-refractivity contribution in [2.75, 3.05) is 39.3 Å². The molecule has 146 valence electrons. The van der Waals surface area contributed by atoms with Gasteiger partial charge in [-0.25, -0.2) is 4.79 Å². The second-order valence-electron chi connectivity index (χ2n) is 6.96. The van der Waals surface area contributed by atoms with Crippen LogP contribution in [0.5, 0.6) is 0 Å². The Morgan fingerprint density at radius 1 is 1.30 bits per heavy atom. The van der Waals surface area contributed by atoms with E-state index in [2.05, 4.69) is 22.1 Å². The third kappa shape index (κ3) is 4.82. The number of amides is 4. The van der Waals surface area contributed by atoms with Gasteiger partial charge in [-0.2, -0.15) is 0 Å². The highest BCUT2D eigenvalue weighted by atomic mass is 16.2. The Morgan fingerprint density at radius 2 is 2.07 bits per heavy atom. The number of nitrogens with zero attached hydrogens (tertiary/aromatic N) is 4. The van der Waals surface area contributed by atoms with Crippen molar-refractivity contribution in [3.05, 3.63) is 30.1 Å². The molecule has 0 radical (unpaired) electrons. The standard InChI is InChI=1S/C19H27N5O3/c1-2-22-10-7-16(8-11-22)23(12-6-15-5-3-4-9-20-15)18(26)14-24-17(25)13-21-19(24)27/h3-5,9,16H,2,6-8,10-14H2,1H3,(H,21,27).